The Bertz CT molecular complexity index is 662. The number of fused-ring (bicyclic) bond motifs is 1. The average Bonchev–Trinajstić information content (AvgIpc) is 3.08. The van der Waals surface area contributed by atoms with Crippen molar-refractivity contribution < 1.29 is 9.59 Å². The molecule has 0 bridgehead atoms. The van der Waals surface area contributed by atoms with Gasteiger partial charge in [-0.05, 0) is 75.7 Å². The Morgan fingerprint density at radius 2 is 2.00 bits per heavy atom. The maximum atomic E-state index is 12.6. The summed E-state index contributed by atoms with van der Waals surface area (Å²) in [6, 6.07) is 2.00. The third-order valence-corrected chi connectivity index (χ3v) is 7.12. The molecule has 1 aliphatic heterocycles. The van der Waals surface area contributed by atoms with Crippen LogP contribution in [0.2, 0.25) is 0 Å². The first kappa shape index (κ1) is 20.3. The number of piperidine rings is 1. The molecule has 1 saturated heterocycles. The second kappa shape index (κ2) is 9.20. The predicted molar refractivity (Wildman–Crippen MR) is 110 cm³/mol. The maximum Gasteiger partial charge on any atom is 0.263 e. The Morgan fingerprint density at radius 3 is 2.70 bits per heavy atom. The summed E-state index contributed by atoms with van der Waals surface area (Å²) in [5.41, 5.74) is 1.19. The van der Waals surface area contributed by atoms with E-state index in [-0.39, 0.29) is 17.7 Å². The van der Waals surface area contributed by atoms with Crippen LogP contribution in [0.5, 0.6) is 0 Å². The van der Waals surface area contributed by atoms with Crippen LogP contribution in [0.15, 0.2) is 6.07 Å². The van der Waals surface area contributed by atoms with Crippen LogP contribution in [0.1, 0.15) is 52.7 Å². The van der Waals surface area contributed by atoms with E-state index in [9.17, 15) is 9.59 Å². The first-order valence-corrected chi connectivity index (χ1v) is 11.1. The molecule has 1 aliphatic carbocycles. The molecule has 0 radical (unpaired) electrons. The van der Waals surface area contributed by atoms with Crippen LogP contribution in [0.4, 0.5) is 0 Å². The van der Waals surface area contributed by atoms with E-state index in [4.69, 9.17) is 0 Å². The van der Waals surface area contributed by atoms with Gasteiger partial charge in [0.2, 0.25) is 5.91 Å². The number of nitrogens with zero attached hydrogens (tertiary/aromatic N) is 2. The zero-order chi connectivity index (χ0) is 19.4. The highest BCUT2D eigenvalue weighted by atomic mass is 32.1. The van der Waals surface area contributed by atoms with Crippen molar-refractivity contribution in [3.8, 4) is 0 Å². The van der Waals surface area contributed by atoms with Gasteiger partial charge in [-0.3, -0.25) is 9.59 Å². The number of carbonyl (C=O) groups is 2. The molecule has 5 nitrogen and oxygen atoms in total. The summed E-state index contributed by atoms with van der Waals surface area (Å²) in [5.74, 6) is 1.15. The smallest absolute Gasteiger partial charge is 0.263 e. The fourth-order valence-corrected chi connectivity index (χ4v) is 5.25. The van der Waals surface area contributed by atoms with E-state index in [1.54, 1.807) is 30.3 Å². The number of likely N-dealkylation sites (tertiary alicyclic amines) is 1. The third-order valence-electron chi connectivity index (χ3n) is 5.90. The first-order valence-electron chi connectivity index (χ1n) is 10.3. The van der Waals surface area contributed by atoms with E-state index in [0.717, 1.165) is 49.6 Å². The molecule has 1 fully saturated rings. The molecule has 2 heterocycles. The molecule has 2 aliphatic rings. The van der Waals surface area contributed by atoms with Crippen molar-refractivity contribution in [2.75, 3.05) is 40.3 Å². The van der Waals surface area contributed by atoms with Gasteiger partial charge in [0.05, 0.1) is 4.88 Å². The van der Waals surface area contributed by atoms with Gasteiger partial charge >= 0.3 is 0 Å². The lowest BCUT2D eigenvalue weighted by Crippen LogP contribution is -2.37. The molecule has 1 atom stereocenters. The highest BCUT2D eigenvalue weighted by Crippen LogP contribution is 2.33. The summed E-state index contributed by atoms with van der Waals surface area (Å²) in [6.45, 7) is 6.59. The van der Waals surface area contributed by atoms with Crippen LogP contribution in [-0.4, -0.2) is 61.9 Å². The normalized spacial score (nSPS) is 20.9. The number of hydrogen-bond donors (Lipinski definition) is 1. The molecule has 27 heavy (non-hydrogen) atoms. The number of hydrogen-bond acceptors (Lipinski definition) is 4. The minimum atomic E-state index is 0.0465. The molecule has 0 aromatic carbocycles. The number of thiophene rings is 1. The van der Waals surface area contributed by atoms with Gasteiger partial charge in [0.25, 0.3) is 5.91 Å². The van der Waals surface area contributed by atoms with Crippen LogP contribution in [0, 0.1) is 11.8 Å². The summed E-state index contributed by atoms with van der Waals surface area (Å²) >= 11 is 1.59. The van der Waals surface area contributed by atoms with Crippen molar-refractivity contribution in [2.24, 2.45) is 11.8 Å². The van der Waals surface area contributed by atoms with E-state index in [1.165, 1.54) is 36.4 Å². The van der Waals surface area contributed by atoms with Gasteiger partial charge in [0.15, 0.2) is 0 Å². The summed E-state index contributed by atoms with van der Waals surface area (Å²) in [4.78, 5) is 30.9. The quantitative estimate of drug-likeness (QED) is 0.759. The van der Waals surface area contributed by atoms with Gasteiger partial charge in [-0.15, -0.1) is 11.3 Å². The summed E-state index contributed by atoms with van der Waals surface area (Å²) < 4.78 is 0. The van der Waals surface area contributed by atoms with Crippen LogP contribution in [0.25, 0.3) is 0 Å². The lowest BCUT2D eigenvalue weighted by molar-refractivity contribution is -0.125. The van der Waals surface area contributed by atoms with Gasteiger partial charge in [-0.25, -0.2) is 0 Å². The largest absolute Gasteiger partial charge is 0.356 e. The van der Waals surface area contributed by atoms with E-state index in [2.05, 4.69) is 17.1 Å². The molecule has 6 heteroatoms. The molecule has 2 amide bonds. The van der Waals surface area contributed by atoms with Crippen LogP contribution in [0.3, 0.4) is 0 Å². The highest BCUT2D eigenvalue weighted by molar-refractivity contribution is 7.14. The van der Waals surface area contributed by atoms with Gasteiger partial charge in [-0.2, -0.15) is 0 Å². The Balaban J connectivity index is 1.42. The molecule has 1 N–H and O–H groups in total. The van der Waals surface area contributed by atoms with Crippen molar-refractivity contribution in [1.82, 2.24) is 15.1 Å². The minimum absolute atomic E-state index is 0.0465. The standard InChI is InChI=1S/C21H33N3O2S/c1-15-7-11-24(12-8-15)10-4-9-22-20(25)16-5-6-18-17(13-16)14-19(27-18)21(26)23(2)3/h14-16H,4-13H2,1-3H3,(H,22,25)/t16-/m1/s1. The number of aryl methyl sites for hydroxylation is 1. The number of nitrogens with one attached hydrogen (secondary N) is 1. The zero-order valence-electron chi connectivity index (χ0n) is 16.9. The van der Waals surface area contributed by atoms with Gasteiger partial charge in [-0.1, -0.05) is 6.92 Å². The van der Waals surface area contributed by atoms with Crippen molar-refractivity contribution in [3.05, 3.63) is 21.4 Å². The minimum Gasteiger partial charge on any atom is -0.356 e. The SMILES string of the molecule is CC1CCN(CCCNC(=O)[C@@H]2CCc3sc(C(=O)N(C)C)cc3C2)CC1. The fraction of sp³-hybridized carbons (Fsp3) is 0.714. The Kier molecular flexibility index (Phi) is 6.93. The zero-order valence-corrected chi connectivity index (χ0v) is 17.7. The predicted octanol–water partition coefficient (Wildman–Crippen LogP) is 2.79. The molecule has 150 valence electrons. The van der Waals surface area contributed by atoms with Crippen LogP contribution < -0.4 is 5.32 Å². The third kappa shape index (κ3) is 5.32. The fourth-order valence-electron chi connectivity index (χ4n) is 4.02. The molecule has 1 aromatic rings. The molecular weight excluding hydrogens is 358 g/mol. The van der Waals surface area contributed by atoms with E-state index in [1.807, 2.05) is 6.07 Å². The molecule has 0 unspecified atom stereocenters. The average molecular weight is 392 g/mol. The highest BCUT2D eigenvalue weighted by Gasteiger charge is 2.27. The van der Waals surface area contributed by atoms with Crippen molar-refractivity contribution in [3.63, 3.8) is 0 Å². The van der Waals surface area contributed by atoms with Crippen LogP contribution >= 0.6 is 11.3 Å². The second-order valence-electron chi connectivity index (χ2n) is 8.37. The Labute approximate surface area is 167 Å². The lowest BCUT2D eigenvalue weighted by atomic mass is 9.87. The number of rotatable bonds is 6. The maximum absolute atomic E-state index is 12.6. The van der Waals surface area contributed by atoms with Crippen molar-refractivity contribution >= 4 is 23.2 Å². The molecule has 0 spiro atoms. The van der Waals surface area contributed by atoms with E-state index < -0.39 is 0 Å². The van der Waals surface area contributed by atoms with E-state index >= 15 is 0 Å². The monoisotopic (exact) mass is 391 g/mol. The van der Waals surface area contributed by atoms with Gasteiger partial charge in [0.1, 0.15) is 0 Å². The van der Waals surface area contributed by atoms with Gasteiger partial charge in [0, 0.05) is 31.4 Å². The summed E-state index contributed by atoms with van der Waals surface area (Å²) in [5, 5.41) is 3.14. The molecule has 3 rings (SSSR count). The summed E-state index contributed by atoms with van der Waals surface area (Å²) in [6.07, 6.45) is 6.19. The number of amides is 2. The number of carbonyl (C=O) groups excluding carboxylic acids is 2. The summed E-state index contributed by atoms with van der Waals surface area (Å²) in [7, 11) is 3.56. The van der Waals surface area contributed by atoms with E-state index in [0.29, 0.717) is 0 Å². The van der Waals surface area contributed by atoms with Crippen molar-refractivity contribution in [1.29, 1.82) is 0 Å². The van der Waals surface area contributed by atoms with Crippen molar-refractivity contribution in [2.45, 2.75) is 45.4 Å². The Morgan fingerprint density at radius 1 is 1.26 bits per heavy atom. The van der Waals surface area contributed by atoms with Crippen LogP contribution in [-0.2, 0) is 17.6 Å². The molecule has 1 aromatic heterocycles. The molecular formula is C21H33N3O2S. The Hall–Kier alpha value is -1.40. The lowest BCUT2D eigenvalue weighted by Gasteiger charge is -2.30. The first-order chi connectivity index (χ1) is 12.9. The molecule has 0 saturated carbocycles. The second-order valence-corrected chi connectivity index (χ2v) is 9.50. The topological polar surface area (TPSA) is 52.7 Å². The van der Waals surface area contributed by atoms with Gasteiger partial charge < -0.3 is 15.1 Å².